The van der Waals surface area contributed by atoms with Gasteiger partial charge in [-0.1, -0.05) is 0 Å². The van der Waals surface area contributed by atoms with Gasteiger partial charge in [-0.2, -0.15) is 0 Å². The third-order valence-corrected chi connectivity index (χ3v) is 4.38. The number of likely N-dealkylation sites (tertiary alicyclic amines) is 1. The Labute approximate surface area is 127 Å². The Morgan fingerprint density at radius 3 is 2.75 bits per heavy atom. The largest absolute Gasteiger partial charge is 0.444 e. The predicted molar refractivity (Wildman–Crippen MR) is 78.3 cm³/mol. The lowest BCUT2D eigenvalue weighted by molar-refractivity contribution is 0.0212. The summed E-state index contributed by atoms with van der Waals surface area (Å²) in [7, 11) is 0. The van der Waals surface area contributed by atoms with Crippen LogP contribution in [0.1, 0.15) is 51.9 Å². The summed E-state index contributed by atoms with van der Waals surface area (Å²) < 4.78 is 6.38. The molecule has 1 saturated carbocycles. The molecule has 1 amide bonds. The molecule has 0 aromatic carbocycles. The number of hydrogen-bond acceptors (Lipinski definition) is 3. The predicted octanol–water partition coefficient (Wildman–Crippen LogP) is 3.63. The summed E-state index contributed by atoms with van der Waals surface area (Å²) in [6.45, 7) is 6.47. The number of carbonyl (C=O) groups is 1. The minimum absolute atomic E-state index is 0.00125. The molecule has 3 rings (SSSR count). The number of amides is 1. The molecule has 1 saturated heterocycles. The summed E-state index contributed by atoms with van der Waals surface area (Å²) in [5.74, 6) is 0.839. The van der Waals surface area contributed by atoms with E-state index in [1.54, 1.807) is 6.20 Å². The third kappa shape index (κ3) is 2.71. The van der Waals surface area contributed by atoms with Crippen LogP contribution in [0.4, 0.5) is 4.79 Å². The van der Waals surface area contributed by atoms with E-state index >= 15 is 0 Å². The average molecular weight is 342 g/mol. The van der Waals surface area contributed by atoms with Crippen molar-refractivity contribution in [2.24, 2.45) is 5.41 Å². The van der Waals surface area contributed by atoms with Crippen molar-refractivity contribution >= 4 is 22.0 Å². The SMILES string of the molecule is CC(C)(C)OC(=O)N1CC2(CC2)C[C@H]1c1ncc(Br)[nH]1. The average Bonchev–Trinajstić information content (AvgIpc) is 2.75. The number of halogens is 1. The first-order valence-corrected chi connectivity index (χ1v) is 7.77. The highest BCUT2D eigenvalue weighted by molar-refractivity contribution is 9.10. The molecule has 1 N–H and O–H groups in total. The first-order chi connectivity index (χ1) is 9.28. The number of nitrogens with zero attached hydrogens (tertiary/aromatic N) is 2. The molecule has 1 atom stereocenters. The Balaban J connectivity index is 1.81. The van der Waals surface area contributed by atoms with Crippen LogP contribution < -0.4 is 0 Å². The molecule has 0 bridgehead atoms. The van der Waals surface area contributed by atoms with Crippen LogP contribution in [-0.2, 0) is 4.74 Å². The summed E-state index contributed by atoms with van der Waals surface area (Å²) >= 11 is 3.38. The fraction of sp³-hybridized carbons (Fsp3) is 0.714. The van der Waals surface area contributed by atoms with Crippen molar-refractivity contribution in [1.29, 1.82) is 0 Å². The van der Waals surface area contributed by atoms with E-state index in [9.17, 15) is 4.79 Å². The first-order valence-electron chi connectivity index (χ1n) is 6.98. The summed E-state index contributed by atoms with van der Waals surface area (Å²) in [5.41, 5.74) is -0.161. The second-order valence-electron chi connectivity index (χ2n) is 6.94. The Kier molecular flexibility index (Phi) is 3.12. The number of rotatable bonds is 1. The molecule has 1 aromatic heterocycles. The quantitative estimate of drug-likeness (QED) is 0.848. The maximum absolute atomic E-state index is 12.4. The van der Waals surface area contributed by atoms with Gasteiger partial charge in [-0.25, -0.2) is 9.78 Å². The molecule has 1 spiro atoms. The molecule has 1 aliphatic heterocycles. The van der Waals surface area contributed by atoms with Crippen LogP contribution >= 0.6 is 15.9 Å². The Morgan fingerprint density at radius 1 is 1.55 bits per heavy atom. The Bertz CT molecular complexity index is 531. The van der Waals surface area contributed by atoms with E-state index in [4.69, 9.17) is 4.74 Å². The monoisotopic (exact) mass is 341 g/mol. The minimum Gasteiger partial charge on any atom is -0.444 e. The van der Waals surface area contributed by atoms with Crippen molar-refractivity contribution in [1.82, 2.24) is 14.9 Å². The molecule has 2 heterocycles. The van der Waals surface area contributed by atoms with Crippen LogP contribution in [0.3, 0.4) is 0 Å². The normalized spacial score (nSPS) is 24.2. The smallest absolute Gasteiger partial charge is 0.410 e. The van der Waals surface area contributed by atoms with Crippen LogP contribution in [0.15, 0.2) is 10.8 Å². The molecule has 6 heteroatoms. The summed E-state index contributed by atoms with van der Waals surface area (Å²) in [5, 5.41) is 0. The Morgan fingerprint density at radius 2 is 2.25 bits per heavy atom. The number of imidazole rings is 1. The fourth-order valence-corrected chi connectivity index (χ4v) is 3.14. The number of ether oxygens (including phenoxy) is 1. The lowest BCUT2D eigenvalue weighted by Crippen LogP contribution is -2.37. The van der Waals surface area contributed by atoms with Gasteiger partial charge in [0.1, 0.15) is 16.0 Å². The highest BCUT2D eigenvalue weighted by Gasteiger charge is 2.55. The second-order valence-corrected chi connectivity index (χ2v) is 7.80. The van der Waals surface area contributed by atoms with E-state index in [0.717, 1.165) is 23.4 Å². The van der Waals surface area contributed by atoms with E-state index in [0.29, 0.717) is 5.41 Å². The standard InChI is InChI=1S/C14H20BrN3O2/c1-13(2,3)20-12(19)18-8-14(4-5-14)6-9(18)11-16-7-10(15)17-11/h7,9H,4-6,8H2,1-3H3,(H,16,17)/t9-/m0/s1. The van der Waals surface area contributed by atoms with Gasteiger partial charge >= 0.3 is 6.09 Å². The third-order valence-electron chi connectivity index (χ3n) is 3.97. The summed E-state index contributed by atoms with van der Waals surface area (Å²) in [6.07, 6.45) is 4.88. The topological polar surface area (TPSA) is 58.2 Å². The van der Waals surface area contributed by atoms with E-state index in [1.165, 1.54) is 12.8 Å². The molecule has 5 nitrogen and oxygen atoms in total. The van der Waals surface area contributed by atoms with Crippen molar-refractivity contribution in [2.45, 2.75) is 51.7 Å². The summed E-state index contributed by atoms with van der Waals surface area (Å²) in [6, 6.07) is -0.00125. The number of H-pyrrole nitrogens is 1. The molecular weight excluding hydrogens is 322 g/mol. The zero-order valence-electron chi connectivity index (χ0n) is 12.1. The van der Waals surface area contributed by atoms with Crippen LogP contribution in [0.2, 0.25) is 0 Å². The lowest BCUT2D eigenvalue weighted by Gasteiger charge is -2.27. The molecule has 20 heavy (non-hydrogen) atoms. The lowest BCUT2D eigenvalue weighted by atomic mass is 10.0. The second kappa shape index (κ2) is 4.48. The molecule has 1 aliphatic carbocycles. The van der Waals surface area contributed by atoms with Gasteiger partial charge in [0, 0.05) is 6.54 Å². The molecule has 110 valence electrons. The zero-order valence-corrected chi connectivity index (χ0v) is 13.7. The highest BCUT2D eigenvalue weighted by Crippen LogP contribution is 2.58. The zero-order chi connectivity index (χ0) is 14.5. The molecule has 2 aliphatic rings. The van der Waals surface area contributed by atoms with Gasteiger partial charge < -0.3 is 9.72 Å². The van der Waals surface area contributed by atoms with Gasteiger partial charge in [0.15, 0.2) is 0 Å². The Hall–Kier alpha value is -1.04. The van der Waals surface area contributed by atoms with Gasteiger partial charge in [-0.3, -0.25) is 4.90 Å². The summed E-state index contributed by atoms with van der Waals surface area (Å²) in [4.78, 5) is 21.8. The van der Waals surface area contributed by atoms with Gasteiger partial charge in [0.2, 0.25) is 0 Å². The van der Waals surface area contributed by atoms with Crippen LogP contribution in [-0.4, -0.2) is 33.1 Å². The molecule has 0 radical (unpaired) electrons. The van der Waals surface area contributed by atoms with E-state index < -0.39 is 5.60 Å². The highest BCUT2D eigenvalue weighted by atomic mass is 79.9. The van der Waals surface area contributed by atoms with Crippen LogP contribution in [0.5, 0.6) is 0 Å². The number of hydrogen-bond donors (Lipinski definition) is 1. The van der Waals surface area contributed by atoms with E-state index in [2.05, 4.69) is 25.9 Å². The van der Waals surface area contributed by atoms with E-state index in [1.807, 2.05) is 25.7 Å². The molecular formula is C14H20BrN3O2. The van der Waals surface area contributed by atoms with Gasteiger partial charge in [0.25, 0.3) is 0 Å². The number of nitrogens with one attached hydrogen (secondary N) is 1. The maximum Gasteiger partial charge on any atom is 0.410 e. The van der Waals surface area contributed by atoms with Gasteiger partial charge in [-0.15, -0.1) is 0 Å². The number of carbonyl (C=O) groups excluding carboxylic acids is 1. The molecule has 2 fully saturated rings. The first kappa shape index (κ1) is 13.9. The molecule has 0 unspecified atom stereocenters. The van der Waals surface area contributed by atoms with E-state index in [-0.39, 0.29) is 12.1 Å². The van der Waals surface area contributed by atoms with Crippen molar-refractivity contribution in [3.8, 4) is 0 Å². The van der Waals surface area contributed by atoms with Gasteiger partial charge in [0.05, 0.1) is 12.2 Å². The van der Waals surface area contributed by atoms with Crippen molar-refractivity contribution in [3.63, 3.8) is 0 Å². The van der Waals surface area contributed by atoms with Crippen LogP contribution in [0, 0.1) is 5.41 Å². The van der Waals surface area contributed by atoms with Crippen LogP contribution in [0.25, 0.3) is 0 Å². The maximum atomic E-state index is 12.4. The minimum atomic E-state index is -0.468. The number of aromatic nitrogens is 2. The van der Waals surface area contributed by atoms with Crippen molar-refractivity contribution in [2.75, 3.05) is 6.54 Å². The van der Waals surface area contributed by atoms with Crippen molar-refractivity contribution < 1.29 is 9.53 Å². The van der Waals surface area contributed by atoms with Gasteiger partial charge in [-0.05, 0) is 61.4 Å². The van der Waals surface area contributed by atoms with Crippen molar-refractivity contribution in [3.05, 3.63) is 16.6 Å². The number of aromatic amines is 1. The fourth-order valence-electron chi connectivity index (χ4n) is 2.83. The molecule has 1 aromatic rings.